The molecule has 0 aliphatic carbocycles. The van der Waals surface area contributed by atoms with Gasteiger partial charge in [0, 0.05) is 61.7 Å². The Balaban J connectivity index is 1.19. The summed E-state index contributed by atoms with van der Waals surface area (Å²) < 4.78 is 85.7. The second-order valence-corrected chi connectivity index (χ2v) is 10.3. The normalized spacial score (nSPS) is 15.2. The van der Waals surface area contributed by atoms with Gasteiger partial charge in [0.15, 0.2) is 17.3 Å². The van der Waals surface area contributed by atoms with Crippen LogP contribution in [-0.2, 0) is 17.4 Å². The number of halogens is 6. The van der Waals surface area contributed by atoms with Crippen LogP contribution < -0.4 is 20.3 Å². The molecule has 1 amide bonds. The van der Waals surface area contributed by atoms with Crippen molar-refractivity contribution in [3.05, 3.63) is 89.8 Å². The van der Waals surface area contributed by atoms with Crippen LogP contribution in [0.15, 0.2) is 77.9 Å². The molecule has 4 aromatic rings. The SMILES string of the molecule is N=N/C(=C\Nc1cnc(N2CCC(F)(F)CC2)c(F)c1)C(=O)Nc1c[nH]c2ccc(OCCc3ccc(C(F)(F)F)cc3)cc12. The minimum absolute atomic E-state index is 0.0319. The summed E-state index contributed by atoms with van der Waals surface area (Å²) in [6.45, 7) is 0.134. The Morgan fingerprint density at radius 1 is 1.13 bits per heavy atom. The predicted molar refractivity (Wildman–Crippen MR) is 155 cm³/mol. The number of anilines is 3. The average Bonchev–Trinajstić information content (AvgIpc) is 3.39. The third-order valence-electron chi connectivity index (χ3n) is 7.19. The number of benzene rings is 2. The molecule has 2 aromatic heterocycles. The summed E-state index contributed by atoms with van der Waals surface area (Å²) in [7, 11) is 0. The van der Waals surface area contributed by atoms with Crippen LogP contribution in [0.2, 0.25) is 0 Å². The van der Waals surface area contributed by atoms with Crippen LogP contribution in [0.25, 0.3) is 10.9 Å². The molecule has 1 aliphatic rings. The maximum atomic E-state index is 14.7. The quantitative estimate of drug-likeness (QED) is 0.0822. The summed E-state index contributed by atoms with van der Waals surface area (Å²) in [4.78, 5) is 21.4. The van der Waals surface area contributed by atoms with Gasteiger partial charge in [0.05, 0.1) is 29.7 Å². The Morgan fingerprint density at radius 3 is 2.53 bits per heavy atom. The van der Waals surface area contributed by atoms with Gasteiger partial charge in [0.2, 0.25) is 0 Å². The molecule has 0 bridgehead atoms. The van der Waals surface area contributed by atoms with Crippen molar-refractivity contribution >= 4 is 34.0 Å². The molecule has 15 heteroatoms. The molecule has 9 nitrogen and oxygen atoms in total. The number of rotatable bonds is 10. The predicted octanol–water partition coefficient (Wildman–Crippen LogP) is 7.50. The van der Waals surface area contributed by atoms with Crippen LogP contribution in [0.4, 0.5) is 43.5 Å². The van der Waals surface area contributed by atoms with Gasteiger partial charge in [-0.25, -0.2) is 23.7 Å². The lowest BCUT2D eigenvalue weighted by molar-refractivity contribution is -0.137. The van der Waals surface area contributed by atoms with Crippen molar-refractivity contribution in [2.75, 3.05) is 35.2 Å². The number of nitrogens with one attached hydrogen (secondary N) is 4. The van der Waals surface area contributed by atoms with Crippen LogP contribution in [0.3, 0.4) is 0 Å². The monoisotopic (exact) mass is 631 g/mol. The van der Waals surface area contributed by atoms with Gasteiger partial charge in [-0.2, -0.15) is 18.3 Å². The molecule has 0 atom stereocenters. The molecule has 2 aromatic carbocycles. The molecule has 0 radical (unpaired) electrons. The van der Waals surface area contributed by atoms with Gasteiger partial charge in [-0.3, -0.25) is 4.79 Å². The molecule has 236 valence electrons. The molecular formula is C30H27F6N7O2. The summed E-state index contributed by atoms with van der Waals surface area (Å²) in [5.41, 5.74) is 8.23. The first kappa shape index (κ1) is 31.3. The number of hydrogen-bond donors (Lipinski definition) is 4. The van der Waals surface area contributed by atoms with Gasteiger partial charge >= 0.3 is 6.18 Å². The minimum Gasteiger partial charge on any atom is -0.493 e. The van der Waals surface area contributed by atoms with E-state index >= 15 is 0 Å². The molecule has 0 unspecified atom stereocenters. The largest absolute Gasteiger partial charge is 0.493 e. The zero-order valence-corrected chi connectivity index (χ0v) is 23.5. The van der Waals surface area contributed by atoms with E-state index < -0.39 is 42.2 Å². The number of aromatic amines is 1. The molecule has 5 rings (SSSR count). The van der Waals surface area contributed by atoms with Gasteiger partial charge in [-0.05, 0) is 35.9 Å². The first-order valence-electron chi connectivity index (χ1n) is 13.8. The van der Waals surface area contributed by atoms with Crippen LogP contribution in [0, 0.1) is 11.3 Å². The lowest BCUT2D eigenvalue weighted by Gasteiger charge is -2.32. The van der Waals surface area contributed by atoms with Crippen molar-refractivity contribution in [2.24, 2.45) is 5.11 Å². The first-order valence-corrected chi connectivity index (χ1v) is 13.8. The molecule has 45 heavy (non-hydrogen) atoms. The first-order chi connectivity index (χ1) is 21.4. The lowest BCUT2D eigenvalue weighted by Crippen LogP contribution is -2.40. The van der Waals surface area contributed by atoms with Crippen LogP contribution in [-0.4, -0.2) is 41.5 Å². The Kier molecular flexibility index (Phi) is 8.97. The molecule has 4 N–H and O–H groups in total. The number of fused-ring (bicyclic) bond motifs is 1. The lowest BCUT2D eigenvalue weighted by atomic mass is 10.1. The molecule has 0 saturated carbocycles. The van der Waals surface area contributed by atoms with Crippen LogP contribution >= 0.6 is 0 Å². The maximum absolute atomic E-state index is 14.7. The van der Waals surface area contributed by atoms with E-state index in [9.17, 15) is 31.1 Å². The van der Waals surface area contributed by atoms with Crippen molar-refractivity contribution in [1.29, 1.82) is 5.53 Å². The summed E-state index contributed by atoms with van der Waals surface area (Å²) in [5, 5.41) is 9.15. The topological polar surface area (TPSA) is 118 Å². The van der Waals surface area contributed by atoms with Crippen molar-refractivity contribution in [3.8, 4) is 5.75 Å². The van der Waals surface area contributed by atoms with E-state index in [2.05, 4.69) is 25.7 Å². The highest BCUT2D eigenvalue weighted by atomic mass is 19.4. The molecular weight excluding hydrogens is 604 g/mol. The summed E-state index contributed by atoms with van der Waals surface area (Å²) in [6, 6.07) is 11.0. The number of hydrogen-bond acceptors (Lipinski definition) is 7. The number of alkyl halides is 5. The van der Waals surface area contributed by atoms with E-state index in [1.54, 1.807) is 18.2 Å². The van der Waals surface area contributed by atoms with Gasteiger partial charge in [0.25, 0.3) is 11.8 Å². The Hall–Kier alpha value is -5.08. The van der Waals surface area contributed by atoms with E-state index in [-0.39, 0.29) is 36.9 Å². The highest BCUT2D eigenvalue weighted by Crippen LogP contribution is 2.32. The smallest absolute Gasteiger partial charge is 0.416 e. The van der Waals surface area contributed by atoms with Gasteiger partial charge in [-0.1, -0.05) is 12.1 Å². The van der Waals surface area contributed by atoms with Gasteiger partial charge in [0.1, 0.15) is 5.75 Å². The van der Waals surface area contributed by atoms with Crippen LogP contribution in [0.1, 0.15) is 24.0 Å². The standard InChI is InChI=1S/C30H27F6N7O2/c31-23-13-20(15-40-27(23)43-10-8-29(32,33)9-11-43)38-17-26(42-37)28(44)41-25-16-39-24-6-5-21(14-22(24)25)45-12-7-18-1-3-19(4-2-18)30(34,35)36/h1-6,13-17,37-39H,7-12H2,(H,41,44)/b26-17-,42-37?. The fraction of sp³-hybridized carbons (Fsp3) is 0.267. The highest BCUT2D eigenvalue weighted by Gasteiger charge is 2.35. The minimum atomic E-state index is -4.40. The van der Waals surface area contributed by atoms with Crippen molar-refractivity contribution in [3.63, 3.8) is 0 Å². The molecule has 0 spiro atoms. The number of piperidine rings is 1. The Morgan fingerprint density at radius 2 is 1.87 bits per heavy atom. The molecule has 3 heterocycles. The Labute approximate surface area is 252 Å². The second kappa shape index (κ2) is 12.9. The third kappa shape index (κ3) is 7.72. The van der Waals surface area contributed by atoms with Crippen molar-refractivity contribution < 1.29 is 35.9 Å². The fourth-order valence-electron chi connectivity index (χ4n) is 4.71. The van der Waals surface area contributed by atoms with E-state index in [1.165, 1.54) is 29.4 Å². The molecule has 1 aliphatic heterocycles. The van der Waals surface area contributed by atoms with E-state index in [4.69, 9.17) is 10.3 Å². The zero-order chi connectivity index (χ0) is 32.2. The maximum Gasteiger partial charge on any atom is 0.416 e. The van der Waals surface area contributed by atoms with Crippen LogP contribution in [0.5, 0.6) is 5.75 Å². The summed E-state index contributed by atoms with van der Waals surface area (Å²) >= 11 is 0. The molecule has 1 fully saturated rings. The summed E-state index contributed by atoms with van der Waals surface area (Å²) in [6.07, 6.45) is -0.894. The van der Waals surface area contributed by atoms with Crippen molar-refractivity contribution in [1.82, 2.24) is 9.97 Å². The molecule has 1 saturated heterocycles. The number of ether oxygens (including phenoxy) is 1. The summed E-state index contributed by atoms with van der Waals surface area (Å²) in [5.74, 6) is -3.84. The number of nitrogens with zero attached hydrogens (tertiary/aromatic N) is 3. The van der Waals surface area contributed by atoms with Gasteiger partial charge in [-0.15, -0.1) is 0 Å². The zero-order valence-electron chi connectivity index (χ0n) is 23.5. The van der Waals surface area contributed by atoms with E-state index in [0.717, 1.165) is 24.4 Å². The van der Waals surface area contributed by atoms with Gasteiger partial charge < -0.3 is 25.3 Å². The second-order valence-electron chi connectivity index (χ2n) is 10.3. The van der Waals surface area contributed by atoms with E-state index in [1.807, 2.05) is 0 Å². The van der Waals surface area contributed by atoms with E-state index in [0.29, 0.717) is 34.3 Å². The number of carbonyl (C=O) groups is 1. The number of H-pyrrole nitrogens is 1. The third-order valence-corrected chi connectivity index (χ3v) is 7.19. The number of amides is 1. The average molecular weight is 632 g/mol. The fourth-order valence-corrected chi connectivity index (χ4v) is 4.71. The Bertz CT molecular complexity index is 1710. The number of aromatic nitrogens is 2. The number of carbonyl (C=O) groups excluding carboxylic acids is 1. The number of pyridine rings is 1. The highest BCUT2D eigenvalue weighted by molar-refractivity contribution is 6.08. The van der Waals surface area contributed by atoms with Crippen molar-refractivity contribution in [2.45, 2.75) is 31.4 Å².